The van der Waals surface area contributed by atoms with Crippen molar-refractivity contribution in [2.75, 3.05) is 0 Å². The first-order valence-electron chi connectivity index (χ1n) is 3.46. The molecule has 0 aliphatic rings. The first-order valence-corrected chi connectivity index (χ1v) is 5.49. The number of aromatic nitrogens is 2. The van der Waals surface area contributed by atoms with E-state index in [9.17, 15) is 25.2 Å². The number of hydrogen-bond donors (Lipinski definition) is 1. The van der Waals surface area contributed by atoms with Crippen LogP contribution in [0.25, 0.3) is 0 Å². The van der Waals surface area contributed by atoms with E-state index in [2.05, 4.69) is 0 Å². The van der Waals surface area contributed by atoms with E-state index in [1.807, 2.05) is 18.5 Å². The summed E-state index contributed by atoms with van der Waals surface area (Å²) in [6.07, 6.45) is 3.38. The molecule has 0 unspecified atom stereocenters. The van der Waals surface area contributed by atoms with Gasteiger partial charge in [-0.05, 0) is 0 Å². The first-order chi connectivity index (χ1) is 6.16. The van der Waals surface area contributed by atoms with Crippen LogP contribution in [-0.2, 0) is 7.05 Å². The Kier molecular flexibility index (Phi) is 2.81. The first kappa shape index (κ1) is 14.0. The zero-order chi connectivity index (χ0) is 12.6. The average Bonchev–Trinajstić information content (AvgIpc) is 2.13. The van der Waals surface area contributed by atoms with E-state index in [4.69, 9.17) is 5.21 Å². The van der Waals surface area contributed by atoms with Crippen molar-refractivity contribution >= 4 is 7.81 Å². The fraction of sp³-hybridized carbons (Fsp3) is 0.400. The van der Waals surface area contributed by atoms with Gasteiger partial charge >= 0.3 is 33.0 Å². The van der Waals surface area contributed by atoms with Crippen molar-refractivity contribution in [2.45, 2.75) is 6.92 Å². The van der Waals surface area contributed by atoms with Gasteiger partial charge < -0.3 is 5.21 Å². The van der Waals surface area contributed by atoms with Crippen LogP contribution in [0, 0.1) is 6.92 Å². The second-order valence-corrected chi connectivity index (χ2v) is 4.68. The molecule has 1 aromatic rings. The molecule has 0 saturated carbocycles. The molecule has 15 heavy (non-hydrogen) atoms. The van der Waals surface area contributed by atoms with E-state index >= 15 is 0 Å². The van der Waals surface area contributed by atoms with Crippen LogP contribution in [0.15, 0.2) is 12.4 Å². The minimum absolute atomic E-state index is 0.824. The Balaban J connectivity index is 0.000000265. The molecule has 0 atom stereocenters. The molecule has 1 N–H and O–H groups in total. The third kappa shape index (κ3) is 10.9. The van der Waals surface area contributed by atoms with Gasteiger partial charge in [0.25, 0.3) is 5.82 Å². The molecule has 0 bridgehead atoms. The molecular weight excluding hydrogens is 249 g/mol. The van der Waals surface area contributed by atoms with Crippen LogP contribution in [-0.4, -0.2) is 9.94 Å². The molecule has 0 amide bonds. The Morgan fingerprint density at radius 3 is 1.60 bits per heavy atom. The summed E-state index contributed by atoms with van der Waals surface area (Å²) in [5, 5.41) is 8.84. The molecule has 0 radical (unpaired) electrons. The fourth-order valence-electron chi connectivity index (χ4n) is 0.540. The van der Waals surface area contributed by atoms with Gasteiger partial charge in [-0.1, -0.05) is 4.73 Å². The van der Waals surface area contributed by atoms with Gasteiger partial charge in [-0.2, -0.15) is 0 Å². The molecule has 0 spiro atoms. The topological polar surface area (TPSA) is 29.0 Å². The molecule has 0 saturated heterocycles. The van der Waals surface area contributed by atoms with E-state index in [1.54, 1.807) is 12.4 Å². The van der Waals surface area contributed by atoms with Gasteiger partial charge in [0.1, 0.15) is 6.20 Å². The SMILES string of the molecule is Cc1n(O)cc[n+]1C.F[P-](F)(F)(F)(F)F. The number of hydrogen-bond acceptors (Lipinski definition) is 1. The van der Waals surface area contributed by atoms with Crippen LogP contribution in [0.2, 0.25) is 0 Å². The number of halogens is 6. The van der Waals surface area contributed by atoms with E-state index in [-0.39, 0.29) is 0 Å². The third-order valence-corrected chi connectivity index (χ3v) is 1.27. The Labute approximate surface area is 80.7 Å². The molecule has 92 valence electrons. The normalized spacial score (nSPS) is 16.0. The summed E-state index contributed by atoms with van der Waals surface area (Å²) in [4.78, 5) is 0. The molecule has 0 aliphatic carbocycles. The zero-order valence-corrected chi connectivity index (χ0v) is 8.61. The van der Waals surface area contributed by atoms with Crippen molar-refractivity contribution < 1.29 is 35.0 Å². The van der Waals surface area contributed by atoms with Crippen molar-refractivity contribution in [3.8, 4) is 0 Å². The Bertz CT molecular complexity index is 323. The molecule has 3 nitrogen and oxygen atoms in total. The quantitative estimate of drug-likeness (QED) is 0.329. The van der Waals surface area contributed by atoms with Gasteiger partial charge in [0.2, 0.25) is 0 Å². The van der Waals surface area contributed by atoms with E-state index in [1.165, 1.54) is 0 Å². The van der Waals surface area contributed by atoms with Crippen molar-refractivity contribution in [1.82, 2.24) is 4.73 Å². The maximum absolute atomic E-state index is 10.7. The Hall–Kier alpha value is -0.980. The van der Waals surface area contributed by atoms with Crippen LogP contribution in [0.1, 0.15) is 5.82 Å². The predicted octanol–water partition coefficient (Wildman–Crippen LogP) is 3.24. The summed E-state index contributed by atoms with van der Waals surface area (Å²) in [6, 6.07) is 0. The van der Waals surface area contributed by atoms with Gasteiger partial charge in [-0.25, -0.2) is 4.57 Å². The molecule has 0 aromatic carbocycles. The fourth-order valence-corrected chi connectivity index (χ4v) is 0.540. The zero-order valence-electron chi connectivity index (χ0n) is 7.71. The van der Waals surface area contributed by atoms with Crippen LogP contribution in [0.3, 0.4) is 0 Å². The standard InChI is InChI=1S/C5H9N2O.F6P/c1-5-6(2)3-4-7(5)8;1-7(2,3,4,5)6/h3-4,8H,1-2H3;/q+1;-1. The van der Waals surface area contributed by atoms with Gasteiger partial charge in [-0.3, -0.25) is 0 Å². The monoisotopic (exact) mass is 258 g/mol. The Morgan fingerprint density at radius 2 is 1.53 bits per heavy atom. The predicted molar refractivity (Wildman–Crippen MR) is 41.1 cm³/mol. The van der Waals surface area contributed by atoms with Gasteiger partial charge in [-0.15, -0.1) is 0 Å². The summed E-state index contributed by atoms with van der Waals surface area (Å²) >= 11 is 0. The molecular formula is C5H9F6N2OP. The van der Waals surface area contributed by atoms with Crippen LogP contribution < -0.4 is 4.57 Å². The molecule has 1 rings (SSSR count). The van der Waals surface area contributed by atoms with Gasteiger partial charge in [0.05, 0.1) is 7.05 Å². The Morgan fingerprint density at radius 1 is 1.20 bits per heavy atom. The van der Waals surface area contributed by atoms with E-state index in [0.29, 0.717) is 0 Å². The number of aryl methyl sites for hydroxylation is 1. The van der Waals surface area contributed by atoms with E-state index < -0.39 is 7.81 Å². The van der Waals surface area contributed by atoms with Crippen molar-refractivity contribution in [1.29, 1.82) is 0 Å². The van der Waals surface area contributed by atoms with Crippen molar-refractivity contribution in [3.63, 3.8) is 0 Å². The summed E-state index contributed by atoms with van der Waals surface area (Å²) < 4.78 is 62.1. The second kappa shape index (κ2) is 3.01. The van der Waals surface area contributed by atoms with Gasteiger partial charge in [0.15, 0.2) is 6.20 Å². The summed E-state index contributed by atoms with van der Waals surface area (Å²) in [5.74, 6) is 0.824. The summed E-state index contributed by atoms with van der Waals surface area (Å²) in [5.41, 5.74) is 0. The number of imidazole rings is 1. The molecule has 0 aliphatic heterocycles. The van der Waals surface area contributed by atoms with E-state index in [0.717, 1.165) is 10.6 Å². The number of rotatable bonds is 0. The average molecular weight is 258 g/mol. The molecule has 1 aromatic heterocycles. The molecule has 10 heteroatoms. The summed E-state index contributed by atoms with van der Waals surface area (Å²) in [6.45, 7) is 1.83. The minimum atomic E-state index is -10.7. The van der Waals surface area contributed by atoms with Crippen LogP contribution in [0.4, 0.5) is 25.2 Å². The second-order valence-electron chi connectivity index (χ2n) is 2.76. The van der Waals surface area contributed by atoms with Crippen LogP contribution in [0.5, 0.6) is 0 Å². The van der Waals surface area contributed by atoms with Crippen LogP contribution >= 0.6 is 7.81 Å². The summed E-state index contributed by atoms with van der Waals surface area (Å²) in [7, 11) is -8.78. The molecule has 0 fully saturated rings. The van der Waals surface area contributed by atoms with Gasteiger partial charge in [0, 0.05) is 6.92 Å². The van der Waals surface area contributed by atoms with Crippen molar-refractivity contribution in [2.24, 2.45) is 7.05 Å². The number of nitrogens with zero attached hydrogens (tertiary/aromatic N) is 2. The molecule has 1 heterocycles. The third-order valence-electron chi connectivity index (χ3n) is 1.27. The maximum atomic E-state index is 9.87. The van der Waals surface area contributed by atoms with Crippen molar-refractivity contribution in [3.05, 3.63) is 18.2 Å².